The van der Waals surface area contributed by atoms with Crippen LogP contribution in [0.25, 0.3) is 0 Å². The zero-order valence-electron chi connectivity index (χ0n) is 14.6. The van der Waals surface area contributed by atoms with Gasteiger partial charge in [0.25, 0.3) is 5.91 Å². The summed E-state index contributed by atoms with van der Waals surface area (Å²) in [5.41, 5.74) is -0.806. The maximum absolute atomic E-state index is 13.9. The van der Waals surface area contributed by atoms with Crippen molar-refractivity contribution in [2.75, 3.05) is 19.6 Å². The number of nitrogens with zero attached hydrogens (tertiary/aromatic N) is 2. The fourth-order valence-corrected chi connectivity index (χ4v) is 2.93. The molecule has 0 spiro atoms. The molecule has 1 fully saturated rings. The van der Waals surface area contributed by atoms with E-state index >= 15 is 0 Å². The van der Waals surface area contributed by atoms with Gasteiger partial charge in [0.2, 0.25) is 0 Å². The van der Waals surface area contributed by atoms with Gasteiger partial charge < -0.3 is 14.5 Å². The molecule has 0 saturated carbocycles. The van der Waals surface area contributed by atoms with E-state index in [0.717, 1.165) is 6.07 Å². The van der Waals surface area contributed by atoms with E-state index in [-0.39, 0.29) is 35.7 Å². The second-order valence-corrected chi connectivity index (χ2v) is 7.87. The average molecular weight is 419 g/mol. The summed E-state index contributed by atoms with van der Waals surface area (Å²) in [7, 11) is 0. The van der Waals surface area contributed by atoms with Crippen molar-refractivity contribution >= 4 is 27.9 Å². The summed E-state index contributed by atoms with van der Waals surface area (Å²) in [6.07, 6.45) is -0.442. The first-order valence-electron chi connectivity index (χ1n) is 7.93. The van der Waals surface area contributed by atoms with Crippen LogP contribution >= 0.6 is 15.9 Å². The Labute approximate surface area is 154 Å². The predicted octanol–water partition coefficient (Wildman–Crippen LogP) is 3.81. The minimum absolute atomic E-state index is 0.0256. The number of hydrogen-bond donors (Lipinski definition) is 0. The average Bonchev–Trinajstić information content (AvgIpc) is 2.48. The van der Waals surface area contributed by atoms with Gasteiger partial charge in [0.05, 0.1) is 10.0 Å². The van der Waals surface area contributed by atoms with Crippen molar-refractivity contribution in [2.45, 2.75) is 39.3 Å². The Kier molecular flexibility index (Phi) is 5.71. The second-order valence-electron chi connectivity index (χ2n) is 7.02. The third kappa shape index (κ3) is 4.68. The van der Waals surface area contributed by atoms with Gasteiger partial charge in [0, 0.05) is 31.7 Å². The third-order valence-corrected chi connectivity index (χ3v) is 4.39. The summed E-state index contributed by atoms with van der Waals surface area (Å²) in [5, 5.41) is 0. The topological polar surface area (TPSA) is 49.9 Å². The van der Waals surface area contributed by atoms with Gasteiger partial charge in [-0.05, 0) is 49.7 Å². The van der Waals surface area contributed by atoms with Crippen LogP contribution < -0.4 is 0 Å². The highest BCUT2D eigenvalue weighted by Crippen LogP contribution is 2.23. The van der Waals surface area contributed by atoms with Gasteiger partial charge >= 0.3 is 6.09 Å². The molecule has 5 nitrogen and oxygen atoms in total. The quantitative estimate of drug-likeness (QED) is 0.651. The van der Waals surface area contributed by atoms with Crippen molar-refractivity contribution in [3.05, 3.63) is 33.8 Å². The minimum atomic E-state index is -0.909. The summed E-state index contributed by atoms with van der Waals surface area (Å²) in [6, 6.07) is 1.54. The van der Waals surface area contributed by atoms with E-state index in [1.54, 1.807) is 32.6 Å². The largest absolute Gasteiger partial charge is 0.444 e. The van der Waals surface area contributed by atoms with Gasteiger partial charge in [-0.15, -0.1) is 0 Å². The highest BCUT2D eigenvalue weighted by molar-refractivity contribution is 9.10. The molecule has 0 N–H and O–H groups in total. The highest BCUT2D eigenvalue weighted by Gasteiger charge is 2.33. The number of amides is 2. The second kappa shape index (κ2) is 7.27. The number of carbonyl (C=O) groups is 2. The molecule has 0 unspecified atom stereocenters. The van der Waals surface area contributed by atoms with Crippen LogP contribution in [0.2, 0.25) is 0 Å². The number of halogens is 3. The van der Waals surface area contributed by atoms with E-state index in [1.165, 1.54) is 4.90 Å². The summed E-state index contributed by atoms with van der Waals surface area (Å²) in [4.78, 5) is 27.7. The molecule has 0 radical (unpaired) electrons. The van der Waals surface area contributed by atoms with Crippen LogP contribution in [0.5, 0.6) is 0 Å². The third-order valence-electron chi connectivity index (χ3n) is 3.78. The van der Waals surface area contributed by atoms with Gasteiger partial charge in [-0.1, -0.05) is 0 Å². The summed E-state index contributed by atoms with van der Waals surface area (Å²) >= 11 is 2.96. The Bertz CT molecular complexity index is 691. The lowest BCUT2D eigenvalue weighted by atomic mass is 10.1. The monoisotopic (exact) mass is 418 g/mol. The smallest absolute Gasteiger partial charge is 0.410 e. The Hall–Kier alpha value is -1.70. The molecule has 1 aromatic rings. The van der Waals surface area contributed by atoms with Crippen molar-refractivity contribution in [3.63, 3.8) is 0 Å². The van der Waals surface area contributed by atoms with Crippen LogP contribution in [0.3, 0.4) is 0 Å². The van der Waals surface area contributed by atoms with Crippen molar-refractivity contribution < 1.29 is 23.1 Å². The first-order chi connectivity index (χ1) is 11.5. The highest BCUT2D eigenvalue weighted by atomic mass is 79.9. The fraction of sp³-hybridized carbons (Fsp3) is 0.529. The Morgan fingerprint density at radius 1 is 1.20 bits per heavy atom. The van der Waals surface area contributed by atoms with Crippen LogP contribution in [0.15, 0.2) is 16.6 Å². The number of rotatable bonds is 1. The van der Waals surface area contributed by atoms with Crippen LogP contribution in [-0.4, -0.2) is 53.1 Å². The molecule has 1 saturated heterocycles. The minimum Gasteiger partial charge on any atom is -0.444 e. The maximum Gasteiger partial charge on any atom is 0.410 e. The van der Waals surface area contributed by atoms with Crippen LogP contribution in [-0.2, 0) is 4.74 Å². The molecule has 1 aliphatic rings. The number of benzene rings is 1. The molecule has 0 aliphatic carbocycles. The molecule has 25 heavy (non-hydrogen) atoms. The lowest BCUT2D eigenvalue weighted by molar-refractivity contribution is 0.00190. The molecule has 0 aromatic heterocycles. The van der Waals surface area contributed by atoms with Gasteiger partial charge in [-0.25, -0.2) is 13.6 Å². The first kappa shape index (κ1) is 19.6. The van der Waals surface area contributed by atoms with Crippen LogP contribution in [0, 0.1) is 11.6 Å². The number of carbonyl (C=O) groups excluding carboxylic acids is 2. The lowest BCUT2D eigenvalue weighted by Gasteiger charge is -2.40. The molecule has 1 atom stereocenters. The molecular weight excluding hydrogens is 398 g/mol. The van der Waals surface area contributed by atoms with Gasteiger partial charge in [-0.3, -0.25) is 4.79 Å². The van der Waals surface area contributed by atoms with Crippen LogP contribution in [0.4, 0.5) is 13.6 Å². The van der Waals surface area contributed by atoms with Gasteiger partial charge in [0.1, 0.15) is 17.2 Å². The fourth-order valence-electron chi connectivity index (χ4n) is 2.59. The molecule has 1 aromatic carbocycles. The van der Waals surface area contributed by atoms with Gasteiger partial charge in [-0.2, -0.15) is 0 Å². The van der Waals surface area contributed by atoms with E-state index in [9.17, 15) is 18.4 Å². The van der Waals surface area contributed by atoms with Crippen molar-refractivity contribution in [1.29, 1.82) is 0 Å². The molecule has 1 aliphatic heterocycles. The maximum atomic E-state index is 13.9. The van der Waals surface area contributed by atoms with E-state index in [2.05, 4.69) is 15.9 Å². The molecule has 1 heterocycles. The molecule has 0 bridgehead atoms. The molecular formula is C17H21BrF2N2O3. The van der Waals surface area contributed by atoms with Crippen molar-refractivity contribution in [3.8, 4) is 0 Å². The lowest BCUT2D eigenvalue weighted by Crippen LogP contribution is -2.56. The van der Waals surface area contributed by atoms with Crippen LogP contribution in [0.1, 0.15) is 38.1 Å². The molecule has 8 heteroatoms. The van der Waals surface area contributed by atoms with Crippen molar-refractivity contribution in [1.82, 2.24) is 9.80 Å². The predicted molar refractivity (Wildman–Crippen MR) is 92.4 cm³/mol. The van der Waals surface area contributed by atoms with Crippen molar-refractivity contribution in [2.24, 2.45) is 0 Å². The zero-order valence-corrected chi connectivity index (χ0v) is 16.2. The number of ether oxygens (including phenoxy) is 1. The first-order valence-corrected chi connectivity index (χ1v) is 8.72. The Morgan fingerprint density at radius 3 is 2.40 bits per heavy atom. The Balaban J connectivity index is 2.09. The van der Waals surface area contributed by atoms with E-state index in [0.29, 0.717) is 6.07 Å². The number of piperazine rings is 1. The Morgan fingerprint density at radius 2 is 1.84 bits per heavy atom. The standard InChI is InChI=1S/C17H21BrF2N2O3/c1-10-9-21(5-6-22(10)16(24)25-17(2,3)4)15(23)11-7-12(18)14(20)8-13(11)19/h7-8,10H,5-6,9H2,1-4H3/t10-/m0/s1. The number of hydrogen-bond acceptors (Lipinski definition) is 3. The van der Waals surface area contributed by atoms with E-state index in [1.807, 2.05) is 0 Å². The van der Waals surface area contributed by atoms with E-state index in [4.69, 9.17) is 4.74 Å². The SMILES string of the molecule is C[C@H]1CN(C(=O)c2cc(Br)c(F)cc2F)CCN1C(=O)OC(C)(C)C. The van der Waals surface area contributed by atoms with E-state index < -0.39 is 29.2 Å². The normalized spacial score (nSPS) is 18.3. The summed E-state index contributed by atoms with van der Waals surface area (Å²) in [5.74, 6) is -2.21. The summed E-state index contributed by atoms with van der Waals surface area (Å²) in [6.45, 7) is 7.91. The van der Waals surface area contributed by atoms with Gasteiger partial charge in [0.15, 0.2) is 0 Å². The molecule has 138 valence electrons. The molecule has 2 rings (SSSR count). The zero-order chi connectivity index (χ0) is 18.9. The summed E-state index contributed by atoms with van der Waals surface area (Å²) < 4.78 is 32.6. The molecule has 2 amide bonds.